The maximum atomic E-state index is 12.6. The molecule has 0 saturated carbocycles. The molecule has 7 nitrogen and oxygen atoms in total. The summed E-state index contributed by atoms with van der Waals surface area (Å²) in [5.74, 6) is -0.178. The van der Waals surface area contributed by atoms with Gasteiger partial charge < -0.3 is 19.9 Å². The Kier molecular flexibility index (Phi) is 6.49. The molecule has 0 unspecified atom stereocenters. The highest BCUT2D eigenvalue weighted by Crippen LogP contribution is 2.18. The van der Waals surface area contributed by atoms with Gasteiger partial charge in [0.15, 0.2) is 0 Å². The highest BCUT2D eigenvalue weighted by atomic mass is 16.5. The first-order valence-corrected chi connectivity index (χ1v) is 9.66. The fraction of sp³-hybridized carbons (Fsp3) is 0.429. The third kappa shape index (κ3) is 4.79. The van der Waals surface area contributed by atoms with Gasteiger partial charge in [-0.15, -0.1) is 0 Å². The van der Waals surface area contributed by atoms with E-state index in [-0.39, 0.29) is 11.8 Å². The number of anilines is 2. The highest BCUT2D eigenvalue weighted by Gasteiger charge is 2.16. The Labute approximate surface area is 165 Å². The fourth-order valence-corrected chi connectivity index (χ4v) is 3.52. The van der Waals surface area contributed by atoms with Crippen molar-refractivity contribution < 1.29 is 14.3 Å². The van der Waals surface area contributed by atoms with Crippen LogP contribution in [0.3, 0.4) is 0 Å². The average molecular weight is 384 g/mol. The summed E-state index contributed by atoms with van der Waals surface area (Å²) in [5.41, 5.74) is 4.12. The predicted octanol–water partition coefficient (Wildman–Crippen LogP) is 2.65. The number of hydrogen-bond acceptors (Lipinski definition) is 4. The molecule has 0 aliphatic carbocycles. The van der Waals surface area contributed by atoms with Crippen molar-refractivity contribution in [3.05, 3.63) is 47.3 Å². The molecule has 0 radical (unpaired) electrons. The lowest BCUT2D eigenvalue weighted by Gasteiger charge is -2.25. The first kappa shape index (κ1) is 20.1. The molecular formula is C21H28N4O3. The predicted molar refractivity (Wildman–Crippen MR) is 110 cm³/mol. The van der Waals surface area contributed by atoms with Gasteiger partial charge in [-0.1, -0.05) is 0 Å². The van der Waals surface area contributed by atoms with Crippen LogP contribution < -0.4 is 10.6 Å². The first-order valence-electron chi connectivity index (χ1n) is 9.66. The second-order valence-electron chi connectivity index (χ2n) is 7.00. The molecule has 1 aliphatic heterocycles. The SMILES string of the molecule is CCn1c(C)cc(C(=O)Nc2ccc(NC(=O)CN3CCOCC3)cc2)c1C. The number of aromatic nitrogens is 1. The lowest BCUT2D eigenvalue weighted by molar-refractivity contribution is -0.118. The van der Waals surface area contributed by atoms with Crippen LogP contribution in [-0.2, 0) is 16.1 Å². The minimum atomic E-state index is -0.128. The number of nitrogens with zero attached hydrogens (tertiary/aromatic N) is 2. The number of carbonyl (C=O) groups excluding carboxylic acids is 2. The van der Waals surface area contributed by atoms with Gasteiger partial charge in [0.2, 0.25) is 5.91 Å². The first-order chi connectivity index (χ1) is 13.5. The zero-order valence-corrected chi connectivity index (χ0v) is 16.7. The lowest BCUT2D eigenvalue weighted by Crippen LogP contribution is -2.41. The molecule has 2 N–H and O–H groups in total. The summed E-state index contributed by atoms with van der Waals surface area (Å²) in [5, 5.41) is 5.81. The van der Waals surface area contributed by atoms with E-state index in [9.17, 15) is 9.59 Å². The van der Waals surface area contributed by atoms with Gasteiger partial charge in [-0.05, 0) is 51.1 Å². The lowest BCUT2D eigenvalue weighted by atomic mass is 10.2. The molecule has 2 heterocycles. The molecule has 7 heteroatoms. The zero-order valence-electron chi connectivity index (χ0n) is 16.7. The van der Waals surface area contributed by atoms with E-state index in [2.05, 4.69) is 27.0 Å². The molecule has 1 fully saturated rings. The van der Waals surface area contributed by atoms with Gasteiger partial charge in [-0.25, -0.2) is 0 Å². The zero-order chi connectivity index (χ0) is 20.1. The van der Waals surface area contributed by atoms with E-state index in [1.54, 1.807) is 24.3 Å². The summed E-state index contributed by atoms with van der Waals surface area (Å²) < 4.78 is 7.40. The maximum absolute atomic E-state index is 12.6. The average Bonchev–Trinajstić information content (AvgIpc) is 2.97. The van der Waals surface area contributed by atoms with Gasteiger partial charge in [0.05, 0.1) is 25.3 Å². The van der Waals surface area contributed by atoms with Gasteiger partial charge >= 0.3 is 0 Å². The van der Waals surface area contributed by atoms with Crippen molar-refractivity contribution in [1.82, 2.24) is 9.47 Å². The molecule has 0 spiro atoms. The van der Waals surface area contributed by atoms with Crippen molar-refractivity contribution in [1.29, 1.82) is 0 Å². The highest BCUT2D eigenvalue weighted by molar-refractivity contribution is 6.05. The minimum Gasteiger partial charge on any atom is -0.379 e. The van der Waals surface area contributed by atoms with Crippen LogP contribution in [0, 0.1) is 13.8 Å². The fourth-order valence-electron chi connectivity index (χ4n) is 3.52. The number of amides is 2. The molecule has 1 aliphatic rings. The summed E-state index contributed by atoms with van der Waals surface area (Å²) in [4.78, 5) is 26.8. The second kappa shape index (κ2) is 9.03. The van der Waals surface area contributed by atoms with Crippen LogP contribution >= 0.6 is 0 Å². The monoisotopic (exact) mass is 384 g/mol. The van der Waals surface area contributed by atoms with Crippen LogP contribution in [-0.4, -0.2) is 54.1 Å². The molecule has 1 aromatic heterocycles. The van der Waals surface area contributed by atoms with Gasteiger partial charge in [-0.2, -0.15) is 0 Å². The molecule has 1 aromatic carbocycles. The Balaban J connectivity index is 1.56. The summed E-state index contributed by atoms with van der Waals surface area (Å²) in [7, 11) is 0. The van der Waals surface area contributed by atoms with E-state index in [0.29, 0.717) is 36.7 Å². The summed E-state index contributed by atoms with van der Waals surface area (Å²) in [6.07, 6.45) is 0. The number of carbonyl (C=O) groups is 2. The molecule has 150 valence electrons. The molecule has 0 bridgehead atoms. The van der Waals surface area contributed by atoms with Gasteiger partial charge in [-0.3, -0.25) is 14.5 Å². The quantitative estimate of drug-likeness (QED) is 0.803. The van der Waals surface area contributed by atoms with Gasteiger partial charge in [0.25, 0.3) is 5.91 Å². The van der Waals surface area contributed by atoms with Gasteiger partial charge in [0, 0.05) is 42.4 Å². The summed E-state index contributed by atoms with van der Waals surface area (Å²) in [6, 6.07) is 9.08. The number of nitrogens with one attached hydrogen (secondary N) is 2. The van der Waals surface area contributed by atoms with E-state index in [4.69, 9.17) is 4.74 Å². The normalized spacial score (nSPS) is 14.7. The number of hydrogen-bond donors (Lipinski definition) is 2. The van der Waals surface area contributed by atoms with E-state index in [0.717, 1.165) is 31.0 Å². The van der Waals surface area contributed by atoms with E-state index < -0.39 is 0 Å². The summed E-state index contributed by atoms with van der Waals surface area (Å²) >= 11 is 0. The topological polar surface area (TPSA) is 75.6 Å². The number of rotatable bonds is 6. The maximum Gasteiger partial charge on any atom is 0.257 e. The standard InChI is InChI=1S/C21H28N4O3/c1-4-25-15(2)13-19(16(25)3)21(27)23-18-7-5-17(6-8-18)22-20(26)14-24-9-11-28-12-10-24/h5-8,13H,4,9-12,14H2,1-3H3,(H,22,26)(H,23,27). The Bertz CT molecular complexity index is 836. The van der Waals surface area contributed by atoms with Gasteiger partial charge in [0.1, 0.15) is 0 Å². The molecule has 28 heavy (non-hydrogen) atoms. The Morgan fingerprint density at radius 2 is 1.64 bits per heavy atom. The molecular weight excluding hydrogens is 356 g/mol. The van der Waals surface area contributed by atoms with Crippen LogP contribution in [0.4, 0.5) is 11.4 Å². The Morgan fingerprint density at radius 1 is 1.04 bits per heavy atom. The second-order valence-corrected chi connectivity index (χ2v) is 7.00. The van der Waals surface area contributed by atoms with Crippen molar-refractivity contribution in [2.75, 3.05) is 43.5 Å². The van der Waals surface area contributed by atoms with Crippen LogP contribution in [0.2, 0.25) is 0 Å². The molecule has 3 rings (SSSR count). The smallest absolute Gasteiger partial charge is 0.257 e. The van der Waals surface area contributed by atoms with Crippen LogP contribution in [0.15, 0.2) is 30.3 Å². The number of benzene rings is 1. The van der Waals surface area contributed by atoms with Crippen molar-refractivity contribution in [2.45, 2.75) is 27.3 Å². The number of ether oxygens (including phenoxy) is 1. The third-order valence-electron chi connectivity index (χ3n) is 5.03. The number of morpholine rings is 1. The molecule has 2 amide bonds. The Morgan fingerprint density at radius 3 is 2.21 bits per heavy atom. The van der Waals surface area contributed by atoms with Crippen LogP contribution in [0.25, 0.3) is 0 Å². The van der Waals surface area contributed by atoms with Crippen molar-refractivity contribution in [3.8, 4) is 0 Å². The summed E-state index contributed by atoms with van der Waals surface area (Å²) in [6.45, 7) is 10.1. The van der Waals surface area contributed by atoms with E-state index >= 15 is 0 Å². The molecule has 0 atom stereocenters. The minimum absolute atomic E-state index is 0.0503. The Hall–Kier alpha value is -2.64. The number of aryl methyl sites for hydroxylation is 1. The van der Waals surface area contributed by atoms with Crippen molar-refractivity contribution >= 4 is 23.2 Å². The van der Waals surface area contributed by atoms with E-state index in [1.807, 2.05) is 19.9 Å². The van der Waals surface area contributed by atoms with E-state index in [1.165, 1.54) is 0 Å². The molecule has 1 saturated heterocycles. The third-order valence-corrected chi connectivity index (χ3v) is 5.03. The largest absolute Gasteiger partial charge is 0.379 e. The van der Waals surface area contributed by atoms with Crippen LogP contribution in [0.1, 0.15) is 28.7 Å². The van der Waals surface area contributed by atoms with Crippen molar-refractivity contribution in [2.24, 2.45) is 0 Å². The van der Waals surface area contributed by atoms with Crippen LogP contribution in [0.5, 0.6) is 0 Å². The van der Waals surface area contributed by atoms with Crippen molar-refractivity contribution in [3.63, 3.8) is 0 Å². The molecule has 2 aromatic rings.